The van der Waals surface area contributed by atoms with Crippen LogP contribution in [0.5, 0.6) is 0 Å². The summed E-state index contributed by atoms with van der Waals surface area (Å²) in [7, 11) is 0. The van der Waals surface area contributed by atoms with E-state index < -0.39 is 61.2 Å². The number of ether oxygens (including phenoxy) is 4. The molecule has 1 aliphatic carbocycles. The number of aliphatic hydroxyl groups is 4. The Morgan fingerprint density at radius 3 is 2.44 bits per heavy atom. The van der Waals surface area contributed by atoms with Crippen molar-refractivity contribution in [2.75, 3.05) is 13.2 Å². The van der Waals surface area contributed by atoms with Gasteiger partial charge in [-0.3, -0.25) is 4.99 Å². The fourth-order valence-corrected chi connectivity index (χ4v) is 4.99. The Labute approximate surface area is 201 Å². The molecule has 11 heteroatoms. The van der Waals surface area contributed by atoms with Crippen molar-refractivity contribution in [3.05, 3.63) is 0 Å². The van der Waals surface area contributed by atoms with Crippen molar-refractivity contribution in [1.82, 2.24) is 0 Å². The van der Waals surface area contributed by atoms with E-state index in [1.165, 1.54) is 0 Å². The highest BCUT2D eigenvalue weighted by Gasteiger charge is 2.50. The molecule has 11 nitrogen and oxygen atoms in total. The smallest absolute Gasteiger partial charge is 0.184 e. The average Bonchev–Trinajstić information content (AvgIpc) is 2.80. The molecule has 3 rings (SSSR count). The van der Waals surface area contributed by atoms with Crippen LogP contribution in [-0.2, 0) is 18.9 Å². The van der Waals surface area contributed by atoms with Gasteiger partial charge in [0.15, 0.2) is 12.6 Å². The van der Waals surface area contributed by atoms with E-state index in [-0.39, 0.29) is 30.5 Å². The first kappa shape index (κ1) is 27.7. The Morgan fingerprint density at radius 1 is 1.12 bits per heavy atom. The van der Waals surface area contributed by atoms with Crippen LogP contribution in [0.25, 0.3) is 0 Å². The lowest BCUT2D eigenvalue weighted by molar-refractivity contribution is -0.315. The first-order valence-corrected chi connectivity index (χ1v) is 12.3. The highest BCUT2D eigenvalue weighted by molar-refractivity contribution is 5.81. The van der Waals surface area contributed by atoms with Crippen LogP contribution in [-0.4, -0.2) is 100 Å². The zero-order chi connectivity index (χ0) is 25.2. The molecule has 0 radical (unpaired) electrons. The Balaban J connectivity index is 1.80. The predicted octanol–water partition coefficient (Wildman–Crippen LogP) is -0.778. The normalized spacial score (nSPS) is 48.6. The van der Waals surface area contributed by atoms with Gasteiger partial charge in [-0.25, -0.2) is 0 Å². The largest absolute Gasteiger partial charge is 0.388 e. The summed E-state index contributed by atoms with van der Waals surface area (Å²) in [5.41, 5.74) is 10.8. The predicted molar refractivity (Wildman–Crippen MR) is 124 cm³/mol. The lowest BCUT2D eigenvalue weighted by Gasteiger charge is -2.48. The molecule has 2 heterocycles. The van der Waals surface area contributed by atoms with E-state index >= 15 is 0 Å². The van der Waals surface area contributed by atoms with Gasteiger partial charge in [0.05, 0.1) is 36.5 Å². The lowest BCUT2D eigenvalue weighted by atomic mass is 9.80. The summed E-state index contributed by atoms with van der Waals surface area (Å²) >= 11 is 0. The van der Waals surface area contributed by atoms with Crippen LogP contribution >= 0.6 is 0 Å². The van der Waals surface area contributed by atoms with Crippen molar-refractivity contribution < 1.29 is 39.4 Å². The van der Waals surface area contributed by atoms with Crippen LogP contribution in [0.4, 0.5) is 0 Å². The molecule has 2 aliphatic heterocycles. The monoisotopic (exact) mass is 489 g/mol. The van der Waals surface area contributed by atoms with Gasteiger partial charge < -0.3 is 50.8 Å². The highest BCUT2D eigenvalue weighted by atomic mass is 16.7. The minimum atomic E-state index is -1.21. The molecule has 0 spiro atoms. The maximum absolute atomic E-state index is 11.4. The molecular formula is C23H43N3O8. The fraction of sp³-hybridized carbons (Fsp3) is 0.957. The third-order valence-corrected chi connectivity index (χ3v) is 7.57. The molecule has 6 unspecified atom stereocenters. The zero-order valence-electron chi connectivity index (χ0n) is 20.6. The molecule has 8 N–H and O–H groups in total. The van der Waals surface area contributed by atoms with Gasteiger partial charge in [0.1, 0.15) is 30.8 Å². The van der Waals surface area contributed by atoms with Crippen molar-refractivity contribution in [2.24, 2.45) is 28.3 Å². The molecule has 0 aromatic heterocycles. The summed E-state index contributed by atoms with van der Waals surface area (Å²) in [6.07, 6.45) is -2.67. The van der Waals surface area contributed by atoms with Gasteiger partial charge >= 0.3 is 0 Å². The summed E-state index contributed by atoms with van der Waals surface area (Å²) in [5.74, 6) is -0.658. The number of hydrogen-bond donors (Lipinski definition) is 6. The number of amidine groups is 1. The second kappa shape index (κ2) is 11.4. The minimum absolute atomic E-state index is 0.0159. The lowest BCUT2D eigenvalue weighted by Crippen LogP contribution is -2.61. The van der Waals surface area contributed by atoms with Crippen LogP contribution in [0.3, 0.4) is 0 Å². The van der Waals surface area contributed by atoms with Gasteiger partial charge in [-0.2, -0.15) is 0 Å². The fourth-order valence-electron chi connectivity index (χ4n) is 4.99. The minimum Gasteiger partial charge on any atom is -0.388 e. The first-order valence-electron chi connectivity index (χ1n) is 12.3. The Hall–Kier alpha value is -0.890. The standard InChI is InChI=1S/C23H43N3O8/c1-5-13-6-7-14(24)21(32-13)33-19-11(2)8-15(26-16(25)9-27)20(18(19)29)34-22-17(28)12(3)23(4,30)10-31-22/h11-15,17-22,27-30H,5-10,24H2,1-4H3,(H2,25,26)/t11-,12+,13+,14?,15+,17?,18?,19?,20?,21+,22+,23?/m0/s1. The maximum Gasteiger partial charge on any atom is 0.184 e. The van der Waals surface area contributed by atoms with Crippen LogP contribution in [0.2, 0.25) is 0 Å². The number of aliphatic imine (C=N–C) groups is 1. The molecule has 0 amide bonds. The number of hydrogen-bond acceptors (Lipinski definition) is 10. The van der Waals surface area contributed by atoms with Crippen molar-refractivity contribution in [1.29, 1.82) is 0 Å². The van der Waals surface area contributed by atoms with Crippen LogP contribution < -0.4 is 11.5 Å². The summed E-state index contributed by atoms with van der Waals surface area (Å²) in [6.45, 7) is 6.80. The number of nitrogens with two attached hydrogens (primary N) is 2. The van der Waals surface area contributed by atoms with Gasteiger partial charge in [0.25, 0.3) is 0 Å². The quantitative estimate of drug-likeness (QED) is 0.196. The van der Waals surface area contributed by atoms with E-state index in [9.17, 15) is 20.4 Å². The molecule has 1 saturated carbocycles. The van der Waals surface area contributed by atoms with E-state index in [0.717, 1.165) is 19.3 Å². The average molecular weight is 490 g/mol. The van der Waals surface area contributed by atoms with Crippen molar-refractivity contribution in [3.63, 3.8) is 0 Å². The molecule has 34 heavy (non-hydrogen) atoms. The molecule has 3 fully saturated rings. The summed E-state index contributed by atoms with van der Waals surface area (Å²) in [4.78, 5) is 4.36. The van der Waals surface area contributed by atoms with E-state index in [1.807, 2.05) is 13.8 Å². The number of aliphatic hydroxyl groups excluding tert-OH is 3. The van der Waals surface area contributed by atoms with Gasteiger partial charge in [0.2, 0.25) is 0 Å². The van der Waals surface area contributed by atoms with Crippen molar-refractivity contribution in [2.45, 2.75) is 114 Å². The second-order valence-electron chi connectivity index (χ2n) is 10.3. The van der Waals surface area contributed by atoms with E-state index in [1.54, 1.807) is 13.8 Å². The Kier molecular flexibility index (Phi) is 9.32. The van der Waals surface area contributed by atoms with Gasteiger partial charge in [0, 0.05) is 5.92 Å². The van der Waals surface area contributed by atoms with Crippen LogP contribution in [0.15, 0.2) is 4.99 Å². The summed E-state index contributed by atoms with van der Waals surface area (Å²) in [5, 5.41) is 41.9. The van der Waals surface area contributed by atoms with Crippen molar-refractivity contribution >= 4 is 5.84 Å². The molecule has 0 bridgehead atoms. The Bertz CT molecular complexity index is 695. The van der Waals surface area contributed by atoms with Crippen LogP contribution in [0, 0.1) is 11.8 Å². The molecule has 2 saturated heterocycles. The second-order valence-corrected chi connectivity index (χ2v) is 10.3. The molecule has 198 valence electrons. The third kappa shape index (κ3) is 6.08. The molecule has 12 atom stereocenters. The highest BCUT2D eigenvalue weighted by Crippen LogP contribution is 2.37. The van der Waals surface area contributed by atoms with Gasteiger partial charge in [-0.1, -0.05) is 20.8 Å². The van der Waals surface area contributed by atoms with Gasteiger partial charge in [-0.05, 0) is 38.5 Å². The SMILES string of the molecule is CC[C@@H]1CCC(N)[C@@H](OC2C(O)C(O[C@H]3OCC(C)(O)[C@H](C)C3O)[C@H](N=C(N)CO)C[C@@H]2C)O1. The zero-order valence-corrected chi connectivity index (χ0v) is 20.6. The third-order valence-electron chi connectivity index (χ3n) is 7.57. The topological polar surface area (TPSA) is 182 Å². The Morgan fingerprint density at radius 2 is 1.79 bits per heavy atom. The maximum atomic E-state index is 11.4. The molecule has 0 aromatic rings. The van der Waals surface area contributed by atoms with Crippen molar-refractivity contribution in [3.8, 4) is 0 Å². The van der Waals surface area contributed by atoms with E-state index in [2.05, 4.69) is 4.99 Å². The molecule has 0 aromatic carbocycles. The number of nitrogens with zero attached hydrogens (tertiary/aromatic N) is 1. The summed E-state index contributed by atoms with van der Waals surface area (Å²) in [6, 6.07) is -0.913. The first-order chi connectivity index (χ1) is 16.0. The summed E-state index contributed by atoms with van der Waals surface area (Å²) < 4.78 is 24.0. The van der Waals surface area contributed by atoms with E-state index in [4.69, 9.17) is 30.4 Å². The number of rotatable bonds is 7. The van der Waals surface area contributed by atoms with Gasteiger partial charge in [-0.15, -0.1) is 0 Å². The van der Waals surface area contributed by atoms with Crippen LogP contribution in [0.1, 0.15) is 53.4 Å². The molecular weight excluding hydrogens is 446 g/mol. The van der Waals surface area contributed by atoms with E-state index in [0.29, 0.717) is 6.42 Å². The molecule has 3 aliphatic rings.